The minimum Gasteiger partial charge on any atom is -0.397 e. The van der Waals surface area contributed by atoms with Crippen molar-refractivity contribution in [1.82, 2.24) is 10.2 Å². The molecule has 3 aromatic rings. The predicted octanol–water partition coefficient (Wildman–Crippen LogP) is 3.22. The van der Waals surface area contributed by atoms with E-state index < -0.39 is 0 Å². The molecule has 5 nitrogen and oxygen atoms in total. The Bertz CT molecular complexity index is 837. The van der Waals surface area contributed by atoms with Crippen molar-refractivity contribution in [1.29, 1.82) is 0 Å². The lowest BCUT2D eigenvalue weighted by Crippen LogP contribution is -2.41. The van der Waals surface area contributed by atoms with Crippen molar-refractivity contribution in [3.8, 4) is 10.9 Å². The van der Waals surface area contributed by atoms with Crippen molar-refractivity contribution in [3.05, 3.63) is 54.1 Å². The summed E-state index contributed by atoms with van der Waals surface area (Å²) in [6, 6.07) is 16.8. The number of hydrogen-bond acceptors (Lipinski definition) is 4. The summed E-state index contributed by atoms with van der Waals surface area (Å²) in [7, 11) is 0. The number of aromatic nitrogens is 1. The molecule has 4 rings (SSSR count). The molecule has 1 amide bonds. The number of nitrogens with zero attached hydrogens (tertiary/aromatic N) is 1. The Labute approximate surface area is 156 Å². The third-order valence-electron chi connectivity index (χ3n) is 4.76. The van der Waals surface area contributed by atoms with Crippen LogP contribution in [-0.4, -0.2) is 30.4 Å². The lowest BCUT2D eigenvalue weighted by molar-refractivity contribution is -0.352. The molecule has 1 saturated heterocycles. The van der Waals surface area contributed by atoms with E-state index in [1.807, 2.05) is 24.3 Å². The van der Waals surface area contributed by atoms with E-state index in [4.69, 9.17) is 4.74 Å². The molecular formula is C20H22N3O2S+. The van der Waals surface area contributed by atoms with Crippen molar-refractivity contribution >= 4 is 28.0 Å². The third kappa shape index (κ3) is 4.03. The molecule has 26 heavy (non-hydrogen) atoms. The molecule has 1 aromatic heterocycles. The Balaban J connectivity index is 1.34. The molecule has 2 aromatic carbocycles. The van der Waals surface area contributed by atoms with Crippen LogP contribution in [0.15, 0.2) is 48.5 Å². The number of rotatable bonds is 6. The number of carbonyl (C=O) groups is 1. The second-order valence-corrected chi connectivity index (χ2v) is 7.61. The van der Waals surface area contributed by atoms with Gasteiger partial charge in [0.2, 0.25) is 11.9 Å². The highest BCUT2D eigenvalue weighted by molar-refractivity contribution is 7.19. The van der Waals surface area contributed by atoms with Gasteiger partial charge in [-0.1, -0.05) is 24.3 Å². The zero-order chi connectivity index (χ0) is 17.8. The van der Waals surface area contributed by atoms with Gasteiger partial charge in [0.05, 0.1) is 0 Å². The van der Waals surface area contributed by atoms with Crippen LogP contribution in [0.2, 0.25) is 0 Å². The Morgan fingerprint density at radius 3 is 2.65 bits per heavy atom. The lowest BCUT2D eigenvalue weighted by atomic mass is 10.0. The first-order valence-electron chi connectivity index (χ1n) is 8.90. The van der Waals surface area contributed by atoms with Gasteiger partial charge in [-0.15, -0.1) is 0 Å². The number of amides is 1. The molecule has 134 valence electrons. The van der Waals surface area contributed by atoms with E-state index in [0.717, 1.165) is 55.3 Å². The zero-order valence-corrected chi connectivity index (χ0v) is 15.3. The first-order valence-corrected chi connectivity index (χ1v) is 9.71. The standard InChI is InChI=1S/C20H21N3O2S/c24-14-21-16-9-11-23(12-10-16)13-15-5-7-17(8-6-15)25-20-22-18-3-1-2-4-19(18)26-20/h1-8,14,16H,9-13H2,(H,21,24)/p+1. The topological polar surface area (TPSA) is 55.7 Å². The number of para-hydroxylation sites is 1. The van der Waals surface area contributed by atoms with E-state index >= 15 is 0 Å². The van der Waals surface area contributed by atoms with Crippen LogP contribution in [-0.2, 0) is 11.3 Å². The Hall–Kier alpha value is -2.44. The molecule has 0 atom stereocenters. The fourth-order valence-electron chi connectivity index (χ4n) is 3.32. The zero-order valence-electron chi connectivity index (χ0n) is 14.5. The molecule has 0 bridgehead atoms. The molecular weight excluding hydrogens is 346 g/mol. The number of piperidine rings is 1. The first kappa shape index (κ1) is 17.0. The maximum atomic E-state index is 10.5. The molecule has 1 aliphatic heterocycles. The van der Waals surface area contributed by atoms with Crippen LogP contribution in [0.5, 0.6) is 10.9 Å². The highest BCUT2D eigenvalue weighted by atomic mass is 32.1. The van der Waals surface area contributed by atoms with Crippen LogP contribution in [0.3, 0.4) is 0 Å². The number of aromatic amines is 1. The largest absolute Gasteiger partial charge is 0.435 e. The summed E-state index contributed by atoms with van der Waals surface area (Å²) in [5.74, 6) is 0.838. The van der Waals surface area contributed by atoms with Crippen LogP contribution < -0.4 is 15.0 Å². The number of hydrogen-bond donors (Lipinski definition) is 1. The molecule has 0 saturated carbocycles. The van der Waals surface area contributed by atoms with Gasteiger partial charge < -0.3 is 10.1 Å². The Morgan fingerprint density at radius 1 is 1.15 bits per heavy atom. The molecule has 1 fully saturated rings. The number of H-pyrrole nitrogens is 1. The van der Waals surface area contributed by atoms with E-state index in [2.05, 4.69) is 39.5 Å². The van der Waals surface area contributed by atoms with Crippen molar-refractivity contribution in [2.45, 2.75) is 25.4 Å². The summed E-state index contributed by atoms with van der Waals surface area (Å²) >= 11 is 1.61. The second kappa shape index (κ2) is 7.85. The lowest BCUT2D eigenvalue weighted by Gasteiger charge is -2.31. The predicted molar refractivity (Wildman–Crippen MR) is 102 cm³/mol. The maximum Gasteiger partial charge on any atom is 0.435 e. The van der Waals surface area contributed by atoms with Crippen molar-refractivity contribution in [2.75, 3.05) is 13.1 Å². The molecule has 0 spiro atoms. The molecule has 6 heteroatoms. The summed E-state index contributed by atoms with van der Waals surface area (Å²) in [6.45, 7) is 2.96. The fourth-order valence-corrected chi connectivity index (χ4v) is 4.20. The summed E-state index contributed by atoms with van der Waals surface area (Å²) in [5.41, 5.74) is 2.37. The van der Waals surface area contributed by atoms with Crippen LogP contribution in [0, 0.1) is 0 Å². The normalized spacial score (nSPS) is 15.8. The van der Waals surface area contributed by atoms with Crippen LogP contribution in [0.4, 0.5) is 0 Å². The number of likely N-dealkylation sites (tertiary alicyclic amines) is 1. The van der Waals surface area contributed by atoms with E-state index in [-0.39, 0.29) is 0 Å². The SMILES string of the molecule is O=CNC1CCN(Cc2ccc(Oc3[nH+]c4ccccc4s3)cc2)CC1. The van der Waals surface area contributed by atoms with Crippen LogP contribution in [0.25, 0.3) is 10.2 Å². The monoisotopic (exact) mass is 368 g/mol. The minimum absolute atomic E-state index is 0.331. The van der Waals surface area contributed by atoms with Gasteiger partial charge in [-0.05, 0) is 47.9 Å². The number of nitrogens with one attached hydrogen (secondary N) is 2. The highest BCUT2D eigenvalue weighted by Crippen LogP contribution is 2.28. The van der Waals surface area contributed by atoms with Gasteiger partial charge in [0.1, 0.15) is 10.4 Å². The third-order valence-corrected chi connectivity index (χ3v) is 5.70. The summed E-state index contributed by atoms with van der Waals surface area (Å²) < 4.78 is 7.14. The van der Waals surface area contributed by atoms with E-state index in [1.165, 1.54) is 10.3 Å². The van der Waals surface area contributed by atoms with Gasteiger partial charge in [0.15, 0.2) is 0 Å². The van der Waals surface area contributed by atoms with Gasteiger partial charge in [-0.25, -0.2) is 0 Å². The summed E-state index contributed by atoms with van der Waals surface area (Å²) in [4.78, 5) is 16.2. The van der Waals surface area contributed by atoms with Gasteiger partial charge in [-0.2, -0.15) is 4.98 Å². The Morgan fingerprint density at radius 2 is 1.92 bits per heavy atom. The van der Waals surface area contributed by atoms with E-state index in [1.54, 1.807) is 11.3 Å². The molecule has 0 radical (unpaired) electrons. The molecule has 0 aliphatic carbocycles. The first-order chi connectivity index (χ1) is 12.8. The van der Waals surface area contributed by atoms with Crippen molar-refractivity contribution < 1.29 is 14.5 Å². The second-order valence-electron chi connectivity index (χ2n) is 6.59. The van der Waals surface area contributed by atoms with E-state index in [9.17, 15) is 4.79 Å². The smallest absolute Gasteiger partial charge is 0.397 e. The van der Waals surface area contributed by atoms with E-state index in [0.29, 0.717) is 6.04 Å². The van der Waals surface area contributed by atoms with Gasteiger partial charge in [0, 0.05) is 31.7 Å². The van der Waals surface area contributed by atoms with Gasteiger partial charge in [-0.3, -0.25) is 9.69 Å². The van der Waals surface area contributed by atoms with Crippen molar-refractivity contribution in [3.63, 3.8) is 0 Å². The average Bonchev–Trinajstić information content (AvgIpc) is 3.07. The van der Waals surface area contributed by atoms with Gasteiger partial charge in [0.25, 0.3) is 0 Å². The Kier molecular flexibility index (Phi) is 5.13. The molecule has 2 N–H and O–H groups in total. The average molecular weight is 368 g/mol. The number of ether oxygens (including phenoxy) is 1. The molecule has 0 unspecified atom stereocenters. The van der Waals surface area contributed by atoms with Crippen LogP contribution in [0.1, 0.15) is 18.4 Å². The summed E-state index contributed by atoms with van der Waals surface area (Å²) in [6.07, 6.45) is 2.84. The summed E-state index contributed by atoms with van der Waals surface area (Å²) in [5, 5.41) is 3.68. The maximum absolute atomic E-state index is 10.5. The molecule has 1 aliphatic rings. The van der Waals surface area contributed by atoms with Crippen LogP contribution >= 0.6 is 11.3 Å². The number of thiazole rings is 1. The number of carbonyl (C=O) groups excluding carboxylic acids is 1. The van der Waals surface area contributed by atoms with Crippen molar-refractivity contribution in [2.24, 2.45) is 0 Å². The number of fused-ring (bicyclic) bond motifs is 1. The number of benzene rings is 2. The molecule has 2 heterocycles. The quantitative estimate of drug-likeness (QED) is 0.680. The highest BCUT2D eigenvalue weighted by Gasteiger charge is 2.18. The fraction of sp³-hybridized carbons (Fsp3) is 0.300. The minimum atomic E-state index is 0.331. The van der Waals surface area contributed by atoms with Gasteiger partial charge >= 0.3 is 5.19 Å².